The monoisotopic (exact) mass is 358 g/mol. The molecule has 0 atom stereocenters. The number of carbonyl (C=O) groups excluding carboxylic acids is 1. The largest absolute Gasteiger partial charge is 0.492 e. The zero-order chi connectivity index (χ0) is 18.5. The van der Waals surface area contributed by atoms with Crippen LogP contribution in [-0.2, 0) is 0 Å². The van der Waals surface area contributed by atoms with Crippen molar-refractivity contribution in [1.82, 2.24) is 10.3 Å². The van der Waals surface area contributed by atoms with Crippen LogP contribution in [0.4, 0.5) is 8.78 Å². The Hall–Kier alpha value is -3.22. The van der Waals surface area contributed by atoms with Crippen molar-refractivity contribution < 1.29 is 23.0 Å². The quantitative estimate of drug-likeness (QED) is 0.687. The highest BCUT2D eigenvalue weighted by atomic mass is 19.2. The summed E-state index contributed by atoms with van der Waals surface area (Å²) in [6.07, 6.45) is 0. The molecule has 0 fully saturated rings. The van der Waals surface area contributed by atoms with E-state index >= 15 is 0 Å². The molecule has 134 valence electrons. The minimum Gasteiger partial charge on any atom is -0.492 e. The number of methoxy groups -OCH3 is 1. The number of hydrogen-bond donors (Lipinski definition) is 1. The lowest BCUT2D eigenvalue weighted by atomic mass is 10.1. The second kappa shape index (κ2) is 7.77. The molecular formula is C19H16F2N2O3. The number of ether oxygens (including phenoxy) is 2. The number of pyridine rings is 1. The third-order valence-corrected chi connectivity index (χ3v) is 3.68. The molecule has 1 heterocycles. The summed E-state index contributed by atoms with van der Waals surface area (Å²) >= 11 is 0. The molecule has 0 bridgehead atoms. The van der Waals surface area contributed by atoms with Crippen LogP contribution in [0.15, 0.2) is 48.5 Å². The van der Waals surface area contributed by atoms with Gasteiger partial charge in [-0.15, -0.1) is 0 Å². The Morgan fingerprint density at radius 3 is 2.69 bits per heavy atom. The number of fused-ring (bicyclic) bond motifs is 1. The second-order valence-corrected chi connectivity index (χ2v) is 5.42. The first-order chi connectivity index (χ1) is 12.6. The lowest BCUT2D eigenvalue weighted by Crippen LogP contribution is -2.28. The summed E-state index contributed by atoms with van der Waals surface area (Å²) in [5.41, 5.74) is 0.216. The van der Waals surface area contributed by atoms with E-state index in [4.69, 9.17) is 9.47 Å². The SMILES string of the molecule is COc1nc(C(=O)NCCOc2ccc(F)c(F)c2)cc2ccccc12. The Morgan fingerprint density at radius 2 is 1.92 bits per heavy atom. The third-order valence-electron chi connectivity index (χ3n) is 3.68. The predicted octanol–water partition coefficient (Wildman–Crippen LogP) is 3.33. The second-order valence-electron chi connectivity index (χ2n) is 5.42. The Bertz CT molecular complexity index is 947. The van der Waals surface area contributed by atoms with Gasteiger partial charge in [-0.2, -0.15) is 0 Å². The van der Waals surface area contributed by atoms with E-state index in [-0.39, 0.29) is 30.5 Å². The summed E-state index contributed by atoms with van der Waals surface area (Å²) < 4.78 is 36.5. The van der Waals surface area contributed by atoms with Crippen molar-refractivity contribution in [3.05, 3.63) is 65.9 Å². The van der Waals surface area contributed by atoms with Gasteiger partial charge in [0.25, 0.3) is 5.91 Å². The molecule has 0 saturated heterocycles. The molecule has 3 rings (SSSR count). The first-order valence-corrected chi connectivity index (χ1v) is 7.88. The zero-order valence-electron chi connectivity index (χ0n) is 14.0. The number of carbonyl (C=O) groups is 1. The van der Waals surface area contributed by atoms with E-state index in [2.05, 4.69) is 10.3 Å². The minimum atomic E-state index is -0.987. The molecule has 0 aliphatic heterocycles. The Morgan fingerprint density at radius 1 is 1.12 bits per heavy atom. The molecule has 0 saturated carbocycles. The van der Waals surface area contributed by atoms with Gasteiger partial charge in [-0.05, 0) is 29.7 Å². The predicted molar refractivity (Wildman–Crippen MR) is 92.5 cm³/mol. The molecule has 7 heteroatoms. The van der Waals surface area contributed by atoms with E-state index in [0.717, 1.165) is 22.9 Å². The van der Waals surface area contributed by atoms with Crippen molar-refractivity contribution in [2.45, 2.75) is 0 Å². The Kier molecular flexibility index (Phi) is 5.26. The van der Waals surface area contributed by atoms with Crippen molar-refractivity contribution in [3.63, 3.8) is 0 Å². The summed E-state index contributed by atoms with van der Waals surface area (Å²) in [7, 11) is 1.49. The molecule has 1 aromatic heterocycles. The molecule has 2 aromatic carbocycles. The standard InChI is InChI=1S/C19H16F2N2O3/c1-25-19-14-5-3-2-4-12(14)10-17(23-19)18(24)22-8-9-26-13-6-7-15(20)16(21)11-13/h2-7,10-11H,8-9H2,1H3,(H,22,24). The topological polar surface area (TPSA) is 60.5 Å². The van der Waals surface area contributed by atoms with Crippen molar-refractivity contribution >= 4 is 16.7 Å². The first-order valence-electron chi connectivity index (χ1n) is 7.88. The molecule has 0 spiro atoms. The van der Waals surface area contributed by atoms with Gasteiger partial charge in [0.1, 0.15) is 18.1 Å². The van der Waals surface area contributed by atoms with E-state index in [0.29, 0.717) is 5.88 Å². The van der Waals surface area contributed by atoms with Gasteiger partial charge in [0.05, 0.1) is 13.7 Å². The molecule has 5 nitrogen and oxygen atoms in total. The number of halogens is 2. The van der Waals surface area contributed by atoms with Crippen LogP contribution in [0.25, 0.3) is 10.8 Å². The number of hydrogen-bond acceptors (Lipinski definition) is 4. The van der Waals surface area contributed by atoms with Crippen LogP contribution in [-0.4, -0.2) is 31.2 Å². The Balaban J connectivity index is 1.61. The van der Waals surface area contributed by atoms with Gasteiger partial charge in [0, 0.05) is 11.5 Å². The number of benzene rings is 2. The summed E-state index contributed by atoms with van der Waals surface area (Å²) in [5.74, 6) is -1.76. The fourth-order valence-electron chi connectivity index (χ4n) is 2.43. The van der Waals surface area contributed by atoms with Crippen LogP contribution < -0.4 is 14.8 Å². The van der Waals surface area contributed by atoms with E-state index in [1.54, 1.807) is 6.07 Å². The highest BCUT2D eigenvalue weighted by molar-refractivity contribution is 5.98. The van der Waals surface area contributed by atoms with E-state index < -0.39 is 11.6 Å². The van der Waals surface area contributed by atoms with E-state index in [1.165, 1.54) is 13.2 Å². The van der Waals surface area contributed by atoms with Crippen molar-refractivity contribution in [3.8, 4) is 11.6 Å². The minimum absolute atomic E-state index is 0.0987. The zero-order valence-corrected chi connectivity index (χ0v) is 14.0. The number of rotatable bonds is 6. The molecule has 0 aliphatic carbocycles. The average molecular weight is 358 g/mol. The van der Waals surface area contributed by atoms with Crippen LogP contribution in [0.2, 0.25) is 0 Å². The van der Waals surface area contributed by atoms with Gasteiger partial charge >= 0.3 is 0 Å². The lowest BCUT2D eigenvalue weighted by molar-refractivity contribution is 0.0941. The third kappa shape index (κ3) is 3.88. The first kappa shape index (κ1) is 17.6. The van der Waals surface area contributed by atoms with Crippen LogP contribution in [0.1, 0.15) is 10.5 Å². The van der Waals surface area contributed by atoms with Gasteiger partial charge < -0.3 is 14.8 Å². The molecule has 0 aliphatic rings. The molecular weight excluding hydrogens is 342 g/mol. The fraction of sp³-hybridized carbons (Fsp3) is 0.158. The summed E-state index contributed by atoms with van der Waals surface area (Å²) in [5, 5.41) is 4.31. The molecule has 1 N–H and O–H groups in total. The van der Waals surface area contributed by atoms with E-state index in [1.807, 2.05) is 24.3 Å². The molecule has 1 amide bonds. The molecule has 0 unspecified atom stereocenters. The maximum atomic E-state index is 13.1. The number of nitrogens with one attached hydrogen (secondary N) is 1. The lowest BCUT2D eigenvalue weighted by Gasteiger charge is -2.10. The van der Waals surface area contributed by atoms with Crippen molar-refractivity contribution in [2.75, 3.05) is 20.3 Å². The normalized spacial score (nSPS) is 10.6. The molecule has 26 heavy (non-hydrogen) atoms. The van der Waals surface area contributed by atoms with Gasteiger partial charge in [0.2, 0.25) is 5.88 Å². The van der Waals surface area contributed by atoms with Gasteiger partial charge in [0.15, 0.2) is 11.6 Å². The van der Waals surface area contributed by atoms with E-state index in [9.17, 15) is 13.6 Å². The van der Waals surface area contributed by atoms with Crippen LogP contribution in [0.3, 0.4) is 0 Å². The van der Waals surface area contributed by atoms with Crippen LogP contribution >= 0.6 is 0 Å². The maximum Gasteiger partial charge on any atom is 0.270 e. The van der Waals surface area contributed by atoms with Crippen molar-refractivity contribution in [1.29, 1.82) is 0 Å². The Labute approximate surface area is 148 Å². The summed E-state index contributed by atoms with van der Waals surface area (Å²) in [6.45, 7) is 0.274. The summed E-state index contributed by atoms with van der Waals surface area (Å²) in [4.78, 5) is 16.5. The molecule has 0 radical (unpaired) electrons. The average Bonchev–Trinajstić information content (AvgIpc) is 2.66. The maximum absolute atomic E-state index is 13.1. The van der Waals surface area contributed by atoms with Crippen LogP contribution in [0.5, 0.6) is 11.6 Å². The van der Waals surface area contributed by atoms with Gasteiger partial charge in [-0.1, -0.05) is 18.2 Å². The fourth-order valence-corrected chi connectivity index (χ4v) is 2.43. The smallest absolute Gasteiger partial charge is 0.270 e. The number of aromatic nitrogens is 1. The van der Waals surface area contributed by atoms with Gasteiger partial charge in [-0.25, -0.2) is 13.8 Å². The summed E-state index contributed by atoms with van der Waals surface area (Å²) in [6, 6.07) is 12.4. The van der Waals surface area contributed by atoms with Gasteiger partial charge in [-0.3, -0.25) is 4.79 Å². The molecule has 3 aromatic rings. The highest BCUT2D eigenvalue weighted by Crippen LogP contribution is 2.24. The highest BCUT2D eigenvalue weighted by Gasteiger charge is 2.12. The van der Waals surface area contributed by atoms with Crippen molar-refractivity contribution in [2.24, 2.45) is 0 Å². The number of nitrogens with zero attached hydrogens (tertiary/aromatic N) is 1. The number of amides is 1. The van der Waals surface area contributed by atoms with Crippen LogP contribution in [0, 0.1) is 11.6 Å².